The van der Waals surface area contributed by atoms with Crippen molar-refractivity contribution in [3.63, 3.8) is 0 Å². The van der Waals surface area contributed by atoms with Crippen LogP contribution >= 0.6 is 0 Å². The van der Waals surface area contributed by atoms with Crippen molar-refractivity contribution in [1.29, 1.82) is 0 Å². The van der Waals surface area contributed by atoms with Crippen LogP contribution < -0.4 is 0 Å². The molecule has 1 N–H and O–H groups in total. The van der Waals surface area contributed by atoms with Crippen LogP contribution in [0.3, 0.4) is 0 Å². The fourth-order valence-electron chi connectivity index (χ4n) is 1.48. The Hall–Kier alpha value is -0.300. The SMILES string of the molecule is C=C1CC1CC(O)CC(C)C. The summed E-state index contributed by atoms with van der Waals surface area (Å²) in [5, 5.41) is 9.51. The molecule has 1 rings (SSSR count). The Kier molecular flexibility index (Phi) is 2.72. The summed E-state index contributed by atoms with van der Waals surface area (Å²) >= 11 is 0. The van der Waals surface area contributed by atoms with Gasteiger partial charge in [0.1, 0.15) is 0 Å². The number of rotatable bonds is 4. The maximum atomic E-state index is 9.51. The molecule has 0 radical (unpaired) electrons. The van der Waals surface area contributed by atoms with E-state index < -0.39 is 0 Å². The van der Waals surface area contributed by atoms with Crippen LogP contribution in [0.25, 0.3) is 0 Å². The molecule has 0 aromatic heterocycles. The summed E-state index contributed by atoms with van der Waals surface area (Å²) in [7, 11) is 0. The van der Waals surface area contributed by atoms with Gasteiger partial charge in [0.25, 0.3) is 0 Å². The molecule has 1 saturated carbocycles. The number of allylic oxidation sites excluding steroid dienone is 1. The molecule has 64 valence electrons. The summed E-state index contributed by atoms with van der Waals surface area (Å²) in [6.07, 6.45) is 2.93. The summed E-state index contributed by atoms with van der Waals surface area (Å²) in [4.78, 5) is 0. The minimum atomic E-state index is -0.0979. The molecule has 0 amide bonds. The molecule has 1 heteroatoms. The van der Waals surface area contributed by atoms with E-state index >= 15 is 0 Å². The fourth-order valence-corrected chi connectivity index (χ4v) is 1.48. The smallest absolute Gasteiger partial charge is 0.0548 e. The standard InChI is InChI=1S/C10H18O/c1-7(2)4-10(11)6-9-5-8(9)3/h7,9-11H,3-6H2,1-2H3. The van der Waals surface area contributed by atoms with Gasteiger partial charge in [-0.1, -0.05) is 26.0 Å². The van der Waals surface area contributed by atoms with Crippen LogP contribution in [0.1, 0.15) is 33.1 Å². The summed E-state index contributed by atoms with van der Waals surface area (Å²) in [5.41, 5.74) is 1.33. The lowest BCUT2D eigenvalue weighted by atomic mass is 10.0. The molecule has 2 unspecified atom stereocenters. The van der Waals surface area contributed by atoms with Crippen LogP contribution in [-0.2, 0) is 0 Å². The van der Waals surface area contributed by atoms with Crippen molar-refractivity contribution in [3.05, 3.63) is 12.2 Å². The van der Waals surface area contributed by atoms with Gasteiger partial charge in [0.05, 0.1) is 6.10 Å². The zero-order chi connectivity index (χ0) is 8.43. The van der Waals surface area contributed by atoms with Crippen molar-refractivity contribution in [2.75, 3.05) is 0 Å². The summed E-state index contributed by atoms with van der Waals surface area (Å²) in [6, 6.07) is 0. The van der Waals surface area contributed by atoms with E-state index in [1.165, 1.54) is 5.57 Å². The second-order valence-corrected chi connectivity index (χ2v) is 4.08. The third kappa shape index (κ3) is 3.06. The summed E-state index contributed by atoms with van der Waals surface area (Å²) in [5.74, 6) is 1.25. The van der Waals surface area contributed by atoms with Crippen LogP contribution in [0.15, 0.2) is 12.2 Å². The van der Waals surface area contributed by atoms with E-state index in [4.69, 9.17) is 0 Å². The minimum Gasteiger partial charge on any atom is -0.393 e. The van der Waals surface area contributed by atoms with Gasteiger partial charge in [0, 0.05) is 0 Å². The molecule has 0 spiro atoms. The van der Waals surface area contributed by atoms with Gasteiger partial charge in [0.2, 0.25) is 0 Å². The van der Waals surface area contributed by atoms with E-state index in [2.05, 4.69) is 20.4 Å². The molecule has 1 aliphatic carbocycles. The van der Waals surface area contributed by atoms with Crippen LogP contribution in [0, 0.1) is 11.8 Å². The predicted octanol–water partition coefficient (Wildman–Crippen LogP) is 2.36. The van der Waals surface area contributed by atoms with Gasteiger partial charge in [-0.2, -0.15) is 0 Å². The highest BCUT2D eigenvalue weighted by atomic mass is 16.3. The Bertz CT molecular complexity index is 149. The van der Waals surface area contributed by atoms with Crippen molar-refractivity contribution in [1.82, 2.24) is 0 Å². The predicted molar refractivity (Wildman–Crippen MR) is 47.3 cm³/mol. The van der Waals surface area contributed by atoms with Gasteiger partial charge >= 0.3 is 0 Å². The Balaban J connectivity index is 2.11. The molecule has 0 aromatic carbocycles. The number of hydrogen-bond donors (Lipinski definition) is 1. The van der Waals surface area contributed by atoms with E-state index in [1.807, 2.05) is 0 Å². The third-order valence-corrected chi connectivity index (χ3v) is 2.23. The molecule has 1 fully saturated rings. The van der Waals surface area contributed by atoms with Crippen molar-refractivity contribution in [2.24, 2.45) is 11.8 Å². The van der Waals surface area contributed by atoms with E-state index in [0.717, 1.165) is 19.3 Å². The summed E-state index contributed by atoms with van der Waals surface area (Å²) in [6.45, 7) is 8.16. The molecule has 11 heavy (non-hydrogen) atoms. The zero-order valence-electron chi connectivity index (χ0n) is 7.51. The quantitative estimate of drug-likeness (QED) is 0.616. The van der Waals surface area contributed by atoms with Crippen LogP contribution in [0.4, 0.5) is 0 Å². The van der Waals surface area contributed by atoms with Gasteiger partial charge in [-0.3, -0.25) is 0 Å². The second-order valence-electron chi connectivity index (χ2n) is 4.08. The van der Waals surface area contributed by atoms with E-state index in [0.29, 0.717) is 11.8 Å². The van der Waals surface area contributed by atoms with Crippen molar-refractivity contribution >= 4 is 0 Å². The largest absolute Gasteiger partial charge is 0.393 e. The first-order valence-corrected chi connectivity index (χ1v) is 4.45. The molecule has 0 aromatic rings. The molecule has 0 heterocycles. The Morgan fingerprint density at radius 3 is 2.55 bits per heavy atom. The highest BCUT2D eigenvalue weighted by Crippen LogP contribution is 2.40. The van der Waals surface area contributed by atoms with Crippen LogP contribution in [-0.4, -0.2) is 11.2 Å². The van der Waals surface area contributed by atoms with Crippen molar-refractivity contribution in [3.8, 4) is 0 Å². The molecular formula is C10H18O. The molecular weight excluding hydrogens is 136 g/mol. The number of aliphatic hydroxyl groups excluding tert-OH is 1. The van der Waals surface area contributed by atoms with Crippen molar-refractivity contribution in [2.45, 2.75) is 39.2 Å². The normalized spacial score (nSPS) is 25.8. The second kappa shape index (κ2) is 3.40. The number of aliphatic hydroxyl groups is 1. The average Bonchev–Trinajstić information content (AvgIpc) is 2.43. The topological polar surface area (TPSA) is 20.2 Å². The van der Waals surface area contributed by atoms with E-state index in [9.17, 15) is 5.11 Å². The van der Waals surface area contributed by atoms with Gasteiger partial charge in [-0.15, -0.1) is 0 Å². The van der Waals surface area contributed by atoms with Crippen molar-refractivity contribution < 1.29 is 5.11 Å². The van der Waals surface area contributed by atoms with Gasteiger partial charge < -0.3 is 5.11 Å². The molecule has 2 atom stereocenters. The lowest BCUT2D eigenvalue weighted by molar-refractivity contribution is 0.134. The fraction of sp³-hybridized carbons (Fsp3) is 0.800. The average molecular weight is 154 g/mol. The Morgan fingerprint density at radius 1 is 1.64 bits per heavy atom. The first-order valence-electron chi connectivity index (χ1n) is 4.45. The third-order valence-electron chi connectivity index (χ3n) is 2.23. The lowest BCUT2D eigenvalue weighted by Gasteiger charge is -2.11. The van der Waals surface area contributed by atoms with Gasteiger partial charge in [-0.25, -0.2) is 0 Å². The molecule has 0 saturated heterocycles. The summed E-state index contributed by atoms with van der Waals surface area (Å²) < 4.78 is 0. The maximum Gasteiger partial charge on any atom is 0.0548 e. The number of hydrogen-bond acceptors (Lipinski definition) is 1. The van der Waals surface area contributed by atoms with Gasteiger partial charge in [0.15, 0.2) is 0 Å². The maximum absolute atomic E-state index is 9.51. The first-order chi connectivity index (χ1) is 5.09. The van der Waals surface area contributed by atoms with E-state index in [1.54, 1.807) is 0 Å². The monoisotopic (exact) mass is 154 g/mol. The Morgan fingerprint density at radius 2 is 2.18 bits per heavy atom. The first kappa shape index (κ1) is 8.79. The molecule has 1 aliphatic rings. The highest BCUT2D eigenvalue weighted by Gasteiger charge is 2.29. The zero-order valence-corrected chi connectivity index (χ0v) is 7.51. The Labute approximate surface area is 69.1 Å². The highest BCUT2D eigenvalue weighted by molar-refractivity contribution is 5.18. The van der Waals surface area contributed by atoms with Crippen LogP contribution in [0.2, 0.25) is 0 Å². The van der Waals surface area contributed by atoms with E-state index in [-0.39, 0.29) is 6.10 Å². The van der Waals surface area contributed by atoms with Gasteiger partial charge in [-0.05, 0) is 31.1 Å². The molecule has 1 nitrogen and oxygen atoms in total. The minimum absolute atomic E-state index is 0.0979. The molecule has 0 bridgehead atoms. The molecule has 0 aliphatic heterocycles. The van der Waals surface area contributed by atoms with Crippen LogP contribution in [0.5, 0.6) is 0 Å². The lowest BCUT2D eigenvalue weighted by Crippen LogP contribution is -2.10.